The van der Waals surface area contributed by atoms with Gasteiger partial charge in [-0.25, -0.2) is 4.98 Å². The summed E-state index contributed by atoms with van der Waals surface area (Å²) in [6.45, 7) is 1.30. The lowest BCUT2D eigenvalue weighted by molar-refractivity contribution is -0.131. The van der Waals surface area contributed by atoms with Gasteiger partial charge in [0.1, 0.15) is 10.8 Å². The number of likely N-dealkylation sites (tertiary alicyclic amines) is 1. The number of hydrogen-bond acceptors (Lipinski definition) is 5. The van der Waals surface area contributed by atoms with Crippen molar-refractivity contribution < 1.29 is 14.3 Å². The number of amides is 2. The third-order valence-electron chi connectivity index (χ3n) is 6.31. The van der Waals surface area contributed by atoms with E-state index >= 15 is 0 Å². The van der Waals surface area contributed by atoms with Gasteiger partial charge in [0.2, 0.25) is 5.91 Å². The number of benzene rings is 1. The van der Waals surface area contributed by atoms with Crippen molar-refractivity contribution in [3.8, 4) is 5.75 Å². The number of piperidine rings is 1. The van der Waals surface area contributed by atoms with Gasteiger partial charge in [-0.3, -0.25) is 9.59 Å². The maximum atomic E-state index is 13.0. The van der Waals surface area contributed by atoms with E-state index in [1.807, 2.05) is 41.3 Å². The van der Waals surface area contributed by atoms with Gasteiger partial charge in [0.25, 0.3) is 5.91 Å². The molecular formula is C25H31N3O3S. The van der Waals surface area contributed by atoms with Crippen LogP contribution in [0.15, 0.2) is 47.6 Å². The van der Waals surface area contributed by atoms with Crippen LogP contribution in [0.4, 0.5) is 0 Å². The minimum Gasteiger partial charge on any atom is -0.496 e. The normalized spacial score (nSPS) is 17.3. The van der Waals surface area contributed by atoms with Crippen LogP contribution in [0.1, 0.15) is 54.4 Å². The number of carbonyl (C=O) groups excluding carboxylic acids is 2. The van der Waals surface area contributed by atoms with E-state index in [9.17, 15) is 9.59 Å². The van der Waals surface area contributed by atoms with E-state index in [-0.39, 0.29) is 17.9 Å². The number of methoxy groups -OCH3 is 1. The highest BCUT2D eigenvalue weighted by Gasteiger charge is 2.26. The molecule has 4 rings (SSSR count). The number of para-hydroxylation sites is 1. The Labute approximate surface area is 194 Å². The smallest absolute Gasteiger partial charge is 0.254 e. The largest absolute Gasteiger partial charge is 0.496 e. The predicted octanol–water partition coefficient (Wildman–Crippen LogP) is 4.09. The van der Waals surface area contributed by atoms with E-state index in [4.69, 9.17) is 4.74 Å². The van der Waals surface area contributed by atoms with Crippen molar-refractivity contribution >= 4 is 23.6 Å². The summed E-state index contributed by atoms with van der Waals surface area (Å²) in [5, 5.41) is 4.58. The Hall–Kier alpha value is -2.54. The second-order valence-electron chi connectivity index (χ2n) is 8.50. The number of nitrogens with one attached hydrogen (secondary N) is 1. The fourth-order valence-electron chi connectivity index (χ4n) is 4.48. The lowest BCUT2D eigenvalue weighted by Crippen LogP contribution is -2.47. The molecule has 170 valence electrons. The topological polar surface area (TPSA) is 71.5 Å². The van der Waals surface area contributed by atoms with Gasteiger partial charge in [-0.1, -0.05) is 31.0 Å². The molecule has 0 bridgehead atoms. The molecule has 1 aromatic carbocycles. The Kier molecular flexibility index (Phi) is 7.68. The van der Waals surface area contributed by atoms with Gasteiger partial charge >= 0.3 is 0 Å². The van der Waals surface area contributed by atoms with Gasteiger partial charge in [-0.2, -0.15) is 0 Å². The molecule has 1 aliphatic heterocycles. The summed E-state index contributed by atoms with van der Waals surface area (Å²) in [6, 6.07) is 11.4. The fourth-order valence-corrected chi connectivity index (χ4v) is 5.78. The standard InChI is InChI=1S/C25H31N3O3S/c1-31-22-11-5-2-7-18(22)17-23(29)28-15-12-19(13-16-28)27-24(30)21-10-6-14-26-25(21)32-20-8-3-4-9-20/h2,5-7,10-11,14,19-20H,3-4,8-9,12-13,15-17H2,1H3,(H,27,30). The third-order valence-corrected chi connectivity index (χ3v) is 7.67. The van der Waals surface area contributed by atoms with Crippen LogP contribution in [0, 0.1) is 0 Å². The molecule has 0 spiro atoms. The number of nitrogens with zero attached hydrogens (tertiary/aromatic N) is 2. The Bertz CT molecular complexity index is 938. The summed E-state index contributed by atoms with van der Waals surface area (Å²) in [5.41, 5.74) is 1.57. The molecule has 1 saturated carbocycles. The number of thioether (sulfide) groups is 1. The van der Waals surface area contributed by atoms with Crippen LogP contribution in [0.25, 0.3) is 0 Å². The first-order valence-electron chi connectivity index (χ1n) is 11.5. The number of aromatic nitrogens is 1. The first-order chi connectivity index (χ1) is 15.6. The number of hydrogen-bond donors (Lipinski definition) is 1. The summed E-state index contributed by atoms with van der Waals surface area (Å²) >= 11 is 1.74. The minimum absolute atomic E-state index is 0.0580. The average molecular weight is 454 g/mol. The maximum absolute atomic E-state index is 13.0. The summed E-state index contributed by atoms with van der Waals surface area (Å²) in [7, 11) is 1.62. The van der Waals surface area contributed by atoms with Gasteiger partial charge in [0.05, 0.1) is 19.1 Å². The summed E-state index contributed by atoms with van der Waals surface area (Å²) in [6.07, 6.45) is 8.54. The molecule has 1 aliphatic carbocycles. The van der Waals surface area contributed by atoms with E-state index in [0.29, 0.717) is 30.3 Å². The highest BCUT2D eigenvalue weighted by atomic mass is 32.2. The molecule has 1 saturated heterocycles. The summed E-state index contributed by atoms with van der Waals surface area (Å²) in [4.78, 5) is 32.1. The zero-order valence-electron chi connectivity index (χ0n) is 18.6. The first kappa shape index (κ1) is 22.6. The maximum Gasteiger partial charge on any atom is 0.254 e. The van der Waals surface area contributed by atoms with Crippen molar-refractivity contribution in [3.05, 3.63) is 53.7 Å². The fraction of sp³-hybridized carbons (Fsp3) is 0.480. The van der Waals surface area contributed by atoms with E-state index in [1.54, 1.807) is 25.1 Å². The van der Waals surface area contributed by atoms with E-state index in [1.165, 1.54) is 25.7 Å². The van der Waals surface area contributed by atoms with Crippen LogP contribution < -0.4 is 10.1 Å². The van der Waals surface area contributed by atoms with Crippen LogP contribution in [-0.4, -0.2) is 53.2 Å². The molecule has 2 aromatic rings. The molecule has 2 amide bonds. The average Bonchev–Trinajstić information content (AvgIpc) is 3.33. The highest BCUT2D eigenvalue weighted by molar-refractivity contribution is 7.99. The van der Waals surface area contributed by atoms with Crippen molar-refractivity contribution in [1.29, 1.82) is 0 Å². The van der Waals surface area contributed by atoms with Crippen LogP contribution in [-0.2, 0) is 11.2 Å². The first-order valence-corrected chi connectivity index (χ1v) is 12.3. The molecule has 0 unspecified atom stereocenters. The monoisotopic (exact) mass is 453 g/mol. The molecule has 1 aromatic heterocycles. The van der Waals surface area contributed by atoms with Crippen molar-refractivity contribution in [2.75, 3.05) is 20.2 Å². The van der Waals surface area contributed by atoms with Crippen LogP contribution in [0.5, 0.6) is 5.75 Å². The van der Waals surface area contributed by atoms with E-state index in [0.717, 1.165) is 29.2 Å². The van der Waals surface area contributed by atoms with E-state index < -0.39 is 0 Å². The molecule has 32 heavy (non-hydrogen) atoms. The molecule has 7 heteroatoms. The molecule has 0 atom stereocenters. The Balaban J connectivity index is 1.29. The molecule has 2 aliphatic rings. The SMILES string of the molecule is COc1ccccc1CC(=O)N1CCC(NC(=O)c2cccnc2SC2CCCC2)CC1. The van der Waals surface area contributed by atoms with Crippen molar-refractivity contribution in [2.45, 2.75) is 61.3 Å². The number of carbonyl (C=O) groups is 2. The Morgan fingerprint density at radius 1 is 1.09 bits per heavy atom. The number of ether oxygens (including phenoxy) is 1. The molecule has 6 nitrogen and oxygen atoms in total. The predicted molar refractivity (Wildman–Crippen MR) is 126 cm³/mol. The van der Waals surface area contributed by atoms with Crippen molar-refractivity contribution in [2.24, 2.45) is 0 Å². The molecule has 2 heterocycles. The van der Waals surface area contributed by atoms with Crippen LogP contribution in [0.3, 0.4) is 0 Å². The second kappa shape index (κ2) is 10.9. The molecule has 2 fully saturated rings. The van der Waals surface area contributed by atoms with Crippen LogP contribution in [0.2, 0.25) is 0 Å². The van der Waals surface area contributed by atoms with Gasteiger partial charge in [0.15, 0.2) is 0 Å². The lowest BCUT2D eigenvalue weighted by Gasteiger charge is -2.32. The summed E-state index contributed by atoms with van der Waals surface area (Å²) < 4.78 is 5.36. The minimum atomic E-state index is -0.0580. The molecular weight excluding hydrogens is 422 g/mol. The zero-order valence-corrected chi connectivity index (χ0v) is 19.4. The Morgan fingerprint density at radius 2 is 1.84 bits per heavy atom. The highest BCUT2D eigenvalue weighted by Crippen LogP contribution is 2.35. The third kappa shape index (κ3) is 5.63. The van der Waals surface area contributed by atoms with Crippen molar-refractivity contribution in [1.82, 2.24) is 15.2 Å². The van der Waals surface area contributed by atoms with Crippen molar-refractivity contribution in [3.63, 3.8) is 0 Å². The van der Waals surface area contributed by atoms with Gasteiger partial charge in [-0.15, -0.1) is 11.8 Å². The number of rotatable bonds is 7. The molecule has 1 N–H and O–H groups in total. The summed E-state index contributed by atoms with van der Waals surface area (Å²) in [5.74, 6) is 0.782. The second-order valence-corrected chi connectivity index (χ2v) is 9.79. The quantitative estimate of drug-likeness (QED) is 0.684. The van der Waals surface area contributed by atoms with E-state index in [2.05, 4.69) is 10.3 Å². The lowest BCUT2D eigenvalue weighted by atomic mass is 10.0. The van der Waals surface area contributed by atoms with Crippen LogP contribution >= 0.6 is 11.8 Å². The molecule has 0 radical (unpaired) electrons. The Morgan fingerprint density at radius 3 is 2.59 bits per heavy atom. The number of pyridine rings is 1. The van der Waals surface area contributed by atoms with Gasteiger partial charge < -0.3 is 15.0 Å². The van der Waals surface area contributed by atoms with Gasteiger partial charge in [0, 0.05) is 36.1 Å². The zero-order chi connectivity index (χ0) is 22.3. The van der Waals surface area contributed by atoms with Gasteiger partial charge in [-0.05, 0) is 43.9 Å².